The average Bonchev–Trinajstić information content (AvgIpc) is 2.36. The molecule has 0 aliphatic heterocycles. The van der Waals surface area contributed by atoms with E-state index in [1.54, 1.807) is 18.2 Å². The molecule has 0 unspecified atom stereocenters. The Labute approximate surface area is 125 Å². The lowest BCUT2D eigenvalue weighted by molar-refractivity contribution is 0.102. The molecule has 0 aliphatic rings. The number of nitrogens with two attached hydrogens (primary N) is 1. The molecule has 2 aromatic carbocycles. The van der Waals surface area contributed by atoms with E-state index in [-0.39, 0.29) is 15.7 Å². The maximum atomic E-state index is 13.1. The first-order valence-corrected chi connectivity index (χ1v) is 6.46. The van der Waals surface area contributed by atoms with Crippen molar-refractivity contribution in [3.8, 4) is 0 Å². The number of hydrogen-bond acceptors (Lipinski definition) is 2. The van der Waals surface area contributed by atoms with Crippen LogP contribution in [0.3, 0.4) is 0 Å². The van der Waals surface area contributed by atoms with Crippen LogP contribution in [0.2, 0.25) is 10.0 Å². The lowest BCUT2D eigenvalue weighted by Crippen LogP contribution is -2.15. The van der Waals surface area contributed by atoms with E-state index in [9.17, 15) is 9.18 Å². The molecular formula is C14H11Cl2FN2O. The van der Waals surface area contributed by atoms with Gasteiger partial charge in [0.05, 0.1) is 21.3 Å². The van der Waals surface area contributed by atoms with Gasteiger partial charge in [-0.25, -0.2) is 4.39 Å². The number of anilines is 2. The van der Waals surface area contributed by atoms with Crippen LogP contribution in [0.15, 0.2) is 30.3 Å². The summed E-state index contributed by atoms with van der Waals surface area (Å²) in [6.07, 6.45) is 0. The number of rotatable bonds is 2. The summed E-state index contributed by atoms with van der Waals surface area (Å²) >= 11 is 11.7. The molecular weight excluding hydrogens is 302 g/mol. The highest BCUT2D eigenvalue weighted by molar-refractivity contribution is 6.40. The third-order valence-corrected chi connectivity index (χ3v) is 3.30. The molecule has 0 saturated heterocycles. The van der Waals surface area contributed by atoms with Crippen molar-refractivity contribution in [2.75, 3.05) is 11.1 Å². The van der Waals surface area contributed by atoms with Gasteiger partial charge in [0.2, 0.25) is 0 Å². The number of carbonyl (C=O) groups excluding carboxylic acids is 1. The Morgan fingerprint density at radius 2 is 1.80 bits per heavy atom. The molecule has 2 rings (SSSR count). The van der Waals surface area contributed by atoms with Crippen molar-refractivity contribution in [3.63, 3.8) is 0 Å². The monoisotopic (exact) mass is 312 g/mol. The van der Waals surface area contributed by atoms with Crippen molar-refractivity contribution in [2.45, 2.75) is 6.92 Å². The largest absolute Gasteiger partial charge is 0.398 e. The molecule has 3 N–H and O–H groups in total. The van der Waals surface area contributed by atoms with Crippen LogP contribution in [0, 0.1) is 12.7 Å². The number of benzene rings is 2. The first-order valence-electron chi connectivity index (χ1n) is 5.70. The van der Waals surface area contributed by atoms with Gasteiger partial charge in [-0.05, 0) is 31.2 Å². The number of aryl methyl sites for hydroxylation is 1. The molecule has 0 atom stereocenters. The van der Waals surface area contributed by atoms with Crippen LogP contribution in [0.1, 0.15) is 15.9 Å². The van der Waals surface area contributed by atoms with Crippen molar-refractivity contribution < 1.29 is 9.18 Å². The van der Waals surface area contributed by atoms with Crippen LogP contribution in [0.25, 0.3) is 0 Å². The number of halogens is 3. The van der Waals surface area contributed by atoms with Crippen LogP contribution in [0.5, 0.6) is 0 Å². The Bertz CT molecular complexity index is 666. The SMILES string of the molecule is Cc1ccc(N)c(C(=O)Nc2c(Cl)cc(F)cc2Cl)c1. The fourth-order valence-electron chi connectivity index (χ4n) is 1.71. The van der Waals surface area contributed by atoms with E-state index in [2.05, 4.69) is 5.32 Å². The topological polar surface area (TPSA) is 55.1 Å². The zero-order chi connectivity index (χ0) is 14.9. The highest BCUT2D eigenvalue weighted by Crippen LogP contribution is 2.32. The molecule has 0 spiro atoms. The van der Waals surface area contributed by atoms with Gasteiger partial charge >= 0.3 is 0 Å². The van der Waals surface area contributed by atoms with E-state index in [1.165, 1.54) is 0 Å². The third kappa shape index (κ3) is 3.03. The molecule has 0 aliphatic carbocycles. The summed E-state index contributed by atoms with van der Waals surface area (Å²) in [6.45, 7) is 1.84. The summed E-state index contributed by atoms with van der Waals surface area (Å²) in [6, 6.07) is 7.23. The van der Waals surface area contributed by atoms with Crippen molar-refractivity contribution in [1.82, 2.24) is 0 Å². The molecule has 2 aromatic rings. The Balaban J connectivity index is 2.35. The van der Waals surface area contributed by atoms with Crippen molar-refractivity contribution >= 4 is 40.5 Å². The molecule has 0 radical (unpaired) electrons. The van der Waals surface area contributed by atoms with Crippen LogP contribution in [0.4, 0.5) is 15.8 Å². The zero-order valence-corrected chi connectivity index (χ0v) is 12.0. The predicted molar refractivity (Wildman–Crippen MR) is 80.0 cm³/mol. The van der Waals surface area contributed by atoms with E-state index in [0.29, 0.717) is 11.3 Å². The molecule has 104 valence electrons. The number of nitrogen functional groups attached to an aromatic ring is 1. The highest BCUT2D eigenvalue weighted by atomic mass is 35.5. The van der Waals surface area contributed by atoms with E-state index in [1.807, 2.05) is 6.92 Å². The summed E-state index contributed by atoms with van der Waals surface area (Å²) < 4.78 is 13.1. The number of hydrogen-bond donors (Lipinski definition) is 2. The first-order chi connectivity index (χ1) is 9.38. The second-order valence-corrected chi connectivity index (χ2v) is 5.10. The summed E-state index contributed by atoms with van der Waals surface area (Å²) in [5.74, 6) is -1.03. The van der Waals surface area contributed by atoms with Gasteiger partial charge in [0.15, 0.2) is 0 Å². The van der Waals surface area contributed by atoms with E-state index in [0.717, 1.165) is 17.7 Å². The second-order valence-electron chi connectivity index (χ2n) is 4.29. The van der Waals surface area contributed by atoms with E-state index >= 15 is 0 Å². The Morgan fingerprint density at radius 3 is 2.40 bits per heavy atom. The quantitative estimate of drug-likeness (QED) is 0.813. The van der Waals surface area contributed by atoms with Crippen LogP contribution in [-0.4, -0.2) is 5.91 Å². The van der Waals surface area contributed by atoms with Crippen molar-refractivity contribution in [2.24, 2.45) is 0 Å². The molecule has 0 heterocycles. The van der Waals surface area contributed by atoms with Crippen LogP contribution in [-0.2, 0) is 0 Å². The molecule has 1 amide bonds. The maximum Gasteiger partial charge on any atom is 0.257 e. The lowest BCUT2D eigenvalue weighted by atomic mass is 10.1. The highest BCUT2D eigenvalue weighted by Gasteiger charge is 2.15. The normalized spacial score (nSPS) is 10.4. The molecule has 0 bridgehead atoms. The minimum absolute atomic E-state index is 0.0228. The van der Waals surface area contributed by atoms with Gasteiger partial charge in [-0.1, -0.05) is 34.8 Å². The minimum Gasteiger partial charge on any atom is -0.398 e. The predicted octanol–water partition coefficient (Wildman–Crippen LogP) is 4.28. The molecule has 0 aromatic heterocycles. The van der Waals surface area contributed by atoms with Gasteiger partial charge < -0.3 is 11.1 Å². The fraction of sp³-hybridized carbons (Fsp3) is 0.0714. The molecule has 6 heteroatoms. The first kappa shape index (κ1) is 14.6. The van der Waals surface area contributed by atoms with Gasteiger partial charge in [-0.3, -0.25) is 4.79 Å². The van der Waals surface area contributed by atoms with E-state index < -0.39 is 11.7 Å². The fourth-order valence-corrected chi connectivity index (χ4v) is 2.26. The summed E-state index contributed by atoms with van der Waals surface area (Å²) in [5, 5.41) is 2.59. The Morgan fingerprint density at radius 1 is 1.20 bits per heavy atom. The lowest BCUT2D eigenvalue weighted by Gasteiger charge is -2.11. The second kappa shape index (κ2) is 5.69. The van der Waals surface area contributed by atoms with E-state index in [4.69, 9.17) is 28.9 Å². The molecule has 0 fully saturated rings. The zero-order valence-electron chi connectivity index (χ0n) is 10.5. The molecule has 0 saturated carbocycles. The minimum atomic E-state index is -0.576. The summed E-state index contributed by atoms with van der Waals surface area (Å²) in [7, 11) is 0. The molecule has 20 heavy (non-hydrogen) atoms. The molecule has 3 nitrogen and oxygen atoms in total. The Hall–Kier alpha value is -1.78. The third-order valence-electron chi connectivity index (χ3n) is 2.70. The average molecular weight is 313 g/mol. The van der Waals surface area contributed by atoms with Gasteiger partial charge in [-0.2, -0.15) is 0 Å². The van der Waals surface area contributed by atoms with Gasteiger partial charge in [0, 0.05) is 5.69 Å². The van der Waals surface area contributed by atoms with Gasteiger partial charge in [-0.15, -0.1) is 0 Å². The van der Waals surface area contributed by atoms with Crippen molar-refractivity contribution in [3.05, 3.63) is 57.3 Å². The number of amides is 1. The Kier molecular flexibility index (Phi) is 4.16. The number of nitrogens with one attached hydrogen (secondary N) is 1. The summed E-state index contributed by atoms with van der Waals surface area (Å²) in [5.41, 5.74) is 7.44. The smallest absolute Gasteiger partial charge is 0.257 e. The number of carbonyl (C=O) groups is 1. The maximum absolute atomic E-state index is 13.1. The van der Waals surface area contributed by atoms with Crippen LogP contribution < -0.4 is 11.1 Å². The van der Waals surface area contributed by atoms with Gasteiger partial charge in [0.1, 0.15) is 5.82 Å². The van der Waals surface area contributed by atoms with Crippen molar-refractivity contribution in [1.29, 1.82) is 0 Å². The van der Waals surface area contributed by atoms with Gasteiger partial charge in [0.25, 0.3) is 5.91 Å². The van der Waals surface area contributed by atoms with Crippen LogP contribution >= 0.6 is 23.2 Å². The standard InChI is InChI=1S/C14H11Cl2FN2O/c1-7-2-3-12(18)9(4-7)14(20)19-13-10(15)5-8(17)6-11(13)16/h2-6H,18H2,1H3,(H,19,20). The summed E-state index contributed by atoms with van der Waals surface area (Å²) in [4.78, 5) is 12.2.